The molecule has 1 fully saturated rings. The predicted molar refractivity (Wildman–Crippen MR) is 163 cm³/mol. The fourth-order valence-electron chi connectivity index (χ4n) is 5.19. The van der Waals surface area contributed by atoms with Crippen molar-refractivity contribution in [3.63, 3.8) is 0 Å². The van der Waals surface area contributed by atoms with Gasteiger partial charge in [0.05, 0.1) is 17.5 Å². The number of nitrogens with zero attached hydrogens (tertiary/aromatic N) is 1. The molecule has 7 N–H and O–H groups in total. The van der Waals surface area contributed by atoms with E-state index in [1.807, 2.05) is 59.5 Å². The minimum absolute atomic E-state index is 0.0292. The average Bonchev–Trinajstić information content (AvgIpc) is 3.16. The summed E-state index contributed by atoms with van der Waals surface area (Å²) in [7, 11) is 0. The molecule has 1 aliphatic heterocycles. The van der Waals surface area contributed by atoms with E-state index >= 15 is 0 Å². The van der Waals surface area contributed by atoms with E-state index in [0.717, 1.165) is 11.1 Å². The van der Waals surface area contributed by atoms with Gasteiger partial charge in [-0.25, -0.2) is 0 Å². The highest BCUT2D eigenvalue weighted by Gasteiger charge is 2.32. The maximum atomic E-state index is 13.8. The van der Waals surface area contributed by atoms with Crippen LogP contribution in [0.5, 0.6) is 0 Å². The fourth-order valence-corrected chi connectivity index (χ4v) is 5.19. The topological polar surface area (TPSA) is 137 Å². The van der Waals surface area contributed by atoms with Crippen molar-refractivity contribution in [2.75, 3.05) is 26.2 Å². The van der Waals surface area contributed by atoms with Gasteiger partial charge < -0.3 is 32.4 Å². The summed E-state index contributed by atoms with van der Waals surface area (Å²) in [6.07, 6.45) is 3.38. The third kappa shape index (κ3) is 8.36. The van der Waals surface area contributed by atoms with Gasteiger partial charge >= 0.3 is 0 Å². The van der Waals surface area contributed by atoms with E-state index in [9.17, 15) is 9.59 Å². The molecule has 2 atom stereocenters. The number of hydrogen-bond acceptors (Lipinski definition) is 6. The molecule has 2 amide bonds. The maximum absolute atomic E-state index is 13.8. The molecule has 41 heavy (non-hydrogen) atoms. The third-order valence-corrected chi connectivity index (χ3v) is 7.45. The van der Waals surface area contributed by atoms with Crippen LogP contribution < -0.4 is 22.1 Å². The minimum atomic E-state index is -0.438. The molecule has 1 heterocycles. The normalized spacial score (nSPS) is 17.8. The molecule has 0 saturated carbocycles. The van der Waals surface area contributed by atoms with Crippen molar-refractivity contribution in [3.8, 4) is 0 Å². The highest BCUT2D eigenvalue weighted by atomic mass is 16.2. The molecule has 8 heteroatoms. The molecule has 0 bridgehead atoms. The van der Waals surface area contributed by atoms with Gasteiger partial charge in [-0.15, -0.1) is 0 Å². The van der Waals surface area contributed by atoms with Crippen molar-refractivity contribution in [2.24, 2.45) is 11.5 Å². The van der Waals surface area contributed by atoms with E-state index < -0.39 is 11.9 Å². The first-order chi connectivity index (χ1) is 20.0. The second-order valence-electron chi connectivity index (χ2n) is 10.4. The zero-order valence-electron chi connectivity index (χ0n) is 23.3. The number of hydrogen-bond donors (Lipinski definition) is 5. The van der Waals surface area contributed by atoms with Crippen LogP contribution in [0, 0.1) is 5.41 Å². The highest BCUT2D eigenvalue weighted by molar-refractivity contribution is 6.10. The van der Waals surface area contributed by atoms with Crippen molar-refractivity contribution in [3.05, 3.63) is 119 Å². The van der Waals surface area contributed by atoms with Crippen molar-refractivity contribution >= 4 is 17.5 Å². The number of benzene rings is 3. The van der Waals surface area contributed by atoms with Gasteiger partial charge in [0, 0.05) is 31.6 Å². The smallest absolute Gasteiger partial charge is 0.267 e. The van der Waals surface area contributed by atoms with Gasteiger partial charge in [-0.1, -0.05) is 91.0 Å². The quantitative estimate of drug-likeness (QED) is 0.174. The van der Waals surface area contributed by atoms with Gasteiger partial charge in [0.2, 0.25) is 5.91 Å². The third-order valence-electron chi connectivity index (χ3n) is 7.45. The summed E-state index contributed by atoms with van der Waals surface area (Å²) in [6, 6.07) is 29.2. The Morgan fingerprint density at radius 3 is 2.17 bits per heavy atom. The van der Waals surface area contributed by atoms with Crippen molar-refractivity contribution in [1.29, 1.82) is 5.41 Å². The lowest BCUT2D eigenvalue weighted by Gasteiger charge is -2.29. The summed E-state index contributed by atoms with van der Waals surface area (Å²) < 4.78 is 0. The summed E-state index contributed by atoms with van der Waals surface area (Å²) in [5.41, 5.74) is 15.0. The van der Waals surface area contributed by atoms with E-state index in [1.54, 1.807) is 12.1 Å². The van der Waals surface area contributed by atoms with E-state index in [2.05, 4.69) is 34.9 Å². The first-order valence-corrected chi connectivity index (χ1v) is 14.2. The molecule has 1 aliphatic rings. The fraction of sp³-hybridized carbons (Fsp3) is 0.303. The minimum Gasteiger partial charge on any atom is -0.394 e. The van der Waals surface area contributed by atoms with Crippen LogP contribution in [0.4, 0.5) is 0 Å². The van der Waals surface area contributed by atoms with Gasteiger partial charge in [0.25, 0.3) is 5.91 Å². The van der Waals surface area contributed by atoms with Crippen LogP contribution in [-0.2, 0) is 9.59 Å². The SMILES string of the molecule is N=C(/C=C(\N)C(=O)NCC1CCN(CC(c2ccccc2)c2ccccc2)C(=O)C(CCCN)N1)c1ccccc1. The zero-order chi connectivity index (χ0) is 29.0. The molecule has 0 radical (unpaired) electrons. The van der Waals surface area contributed by atoms with Crippen LogP contribution in [0.1, 0.15) is 41.9 Å². The lowest BCUT2D eigenvalue weighted by molar-refractivity contribution is -0.133. The average molecular weight is 553 g/mol. The Bertz CT molecular complexity index is 1270. The number of carbonyl (C=O) groups is 2. The number of nitrogens with one attached hydrogen (secondary N) is 3. The van der Waals surface area contributed by atoms with Crippen LogP contribution in [0.25, 0.3) is 0 Å². The Morgan fingerprint density at radius 1 is 1.00 bits per heavy atom. The van der Waals surface area contributed by atoms with Crippen molar-refractivity contribution < 1.29 is 9.59 Å². The Kier molecular flexibility index (Phi) is 10.8. The highest BCUT2D eigenvalue weighted by Crippen LogP contribution is 2.27. The van der Waals surface area contributed by atoms with Crippen LogP contribution in [0.2, 0.25) is 0 Å². The molecular weight excluding hydrogens is 512 g/mol. The molecule has 3 aromatic carbocycles. The Morgan fingerprint density at radius 2 is 1.59 bits per heavy atom. The van der Waals surface area contributed by atoms with Gasteiger partial charge in [-0.05, 0) is 48.6 Å². The van der Waals surface area contributed by atoms with Crippen LogP contribution in [-0.4, -0.2) is 60.7 Å². The number of allylic oxidation sites excluding steroid dienone is 1. The first kappa shape index (κ1) is 29.7. The molecule has 2 unspecified atom stereocenters. The number of nitrogens with two attached hydrogens (primary N) is 2. The van der Waals surface area contributed by atoms with Gasteiger partial charge in [0.15, 0.2) is 0 Å². The molecule has 0 aliphatic carbocycles. The van der Waals surface area contributed by atoms with E-state index in [4.69, 9.17) is 16.9 Å². The Hall–Kier alpha value is -4.27. The molecule has 4 rings (SSSR count). The van der Waals surface area contributed by atoms with Crippen LogP contribution in [0.15, 0.2) is 103 Å². The van der Waals surface area contributed by atoms with Gasteiger partial charge in [0.1, 0.15) is 0 Å². The lowest BCUT2D eigenvalue weighted by Crippen LogP contribution is -2.49. The summed E-state index contributed by atoms with van der Waals surface area (Å²) in [6.45, 7) is 1.93. The first-order valence-electron chi connectivity index (χ1n) is 14.2. The van der Waals surface area contributed by atoms with Gasteiger partial charge in [-0.2, -0.15) is 0 Å². The number of rotatable bonds is 12. The van der Waals surface area contributed by atoms with E-state index in [-0.39, 0.29) is 29.3 Å². The summed E-state index contributed by atoms with van der Waals surface area (Å²) in [4.78, 5) is 28.5. The van der Waals surface area contributed by atoms with Crippen molar-refractivity contribution in [2.45, 2.75) is 37.3 Å². The molecule has 1 saturated heterocycles. The van der Waals surface area contributed by atoms with E-state index in [1.165, 1.54) is 6.08 Å². The summed E-state index contributed by atoms with van der Waals surface area (Å²) >= 11 is 0. The monoisotopic (exact) mass is 552 g/mol. The largest absolute Gasteiger partial charge is 0.394 e. The predicted octanol–water partition coefficient (Wildman–Crippen LogP) is 3.14. The Balaban J connectivity index is 1.45. The Labute approximate surface area is 242 Å². The van der Waals surface area contributed by atoms with E-state index in [0.29, 0.717) is 51.0 Å². The molecule has 214 valence electrons. The second-order valence-corrected chi connectivity index (χ2v) is 10.4. The van der Waals surface area contributed by atoms with Crippen LogP contribution in [0.3, 0.4) is 0 Å². The van der Waals surface area contributed by atoms with Crippen LogP contribution >= 0.6 is 0 Å². The van der Waals surface area contributed by atoms with Gasteiger partial charge in [-0.3, -0.25) is 9.59 Å². The van der Waals surface area contributed by atoms with Crippen molar-refractivity contribution in [1.82, 2.24) is 15.5 Å². The maximum Gasteiger partial charge on any atom is 0.267 e. The standard InChI is InChI=1S/C33H40N6O2/c34-19-10-17-31-33(41)39(23-28(24-11-4-1-5-12-24)25-13-6-2-7-14-25)20-18-27(38-31)22-37-32(40)30(36)21-29(35)26-15-8-3-9-16-26/h1-9,11-16,21,27-28,31,35,38H,10,17-20,22-23,34,36H2,(H,37,40)/b30-21-,35-29?. The summed E-state index contributed by atoms with van der Waals surface area (Å²) in [5, 5.41) is 14.6. The molecule has 3 aromatic rings. The molecule has 8 nitrogen and oxygen atoms in total. The lowest BCUT2D eigenvalue weighted by atomic mass is 9.90. The number of carbonyl (C=O) groups excluding carboxylic acids is 2. The molecule has 0 aromatic heterocycles. The molecular formula is C33H40N6O2. The summed E-state index contributed by atoms with van der Waals surface area (Å²) in [5.74, 6) is -0.343. The second kappa shape index (κ2) is 14.9. The molecule has 0 spiro atoms. The zero-order valence-corrected chi connectivity index (χ0v) is 23.3. The number of amides is 2.